The molecular weight excluding hydrogens is 414 g/mol. The van der Waals surface area contributed by atoms with E-state index in [1.165, 1.54) is 11.3 Å². The Morgan fingerprint density at radius 3 is 2.13 bits per heavy atom. The van der Waals surface area contributed by atoms with E-state index < -0.39 is 0 Å². The summed E-state index contributed by atoms with van der Waals surface area (Å²) < 4.78 is 10.6. The van der Waals surface area contributed by atoms with Gasteiger partial charge in [0.05, 0.1) is 19.9 Å². The molecule has 0 bridgehead atoms. The molecule has 2 N–H and O–H groups in total. The van der Waals surface area contributed by atoms with Crippen LogP contribution in [0.5, 0.6) is 11.5 Å². The lowest BCUT2D eigenvalue weighted by Crippen LogP contribution is -2.17. The second-order valence-electron chi connectivity index (χ2n) is 7.18. The number of aromatic nitrogens is 1. The zero-order valence-corrected chi connectivity index (χ0v) is 18.9. The van der Waals surface area contributed by atoms with Gasteiger partial charge in [-0.15, -0.1) is 11.3 Å². The van der Waals surface area contributed by atoms with Gasteiger partial charge >= 0.3 is 0 Å². The normalized spacial score (nSPS) is 10.6. The molecule has 0 spiro atoms. The van der Waals surface area contributed by atoms with Gasteiger partial charge in [-0.1, -0.05) is 13.8 Å². The van der Waals surface area contributed by atoms with Crippen molar-refractivity contribution in [1.29, 1.82) is 0 Å². The number of methoxy groups -OCH3 is 2. The van der Waals surface area contributed by atoms with Gasteiger partial charge in [-0.3, -0.25) is 9.59 Å². The topological polar surface area (TPSA) is 89.5 Å². The summed E-state index contributed by atoms with van der Waals surface area (Å²) in [5, 5.41) is 6.42. The average molecular weight is 440 g/mol. The minimum atomic E-state index is -0.235. The highest BCUT2D eigenvalue weighted by molar-refractivity contribution is 7.17. The Kier molecular flexibility index (Phi) is 6.91. The molecule has 0 saturated carbocycles. The van der Waals surface area contributed by atoms with Crippen molar-refractivity contribution in [1.82, 2.24) is 4.98 Å². The Labute approximate surface area is 185 Å². The van der Waals surface area contributed by atoms with Crippen molar-refractivity contribution < 1.29 is 19.1 Å². The molecule has 8 heteroatoms. The van der Waals surface area contributed by atoms with Crippen LogP contribution in [0.4, 0.5) is 11.4 Å². The van der Waals surface area contributed by atoms with E-state index >= 15 is 0 Å². The number of thiazole rings is 1. The van der Waals surface area contributed by atoms with Gasteiger partial charge in [0.1, 0.15) is 9.88 Å². The zero-order chi connectivity index (χ0) is 22.5. The first-order valence-electron chi connectivity index (χ1n) is 9.74. The van der Waals surface area contributed by atoms with E-state index in [4.69, 9.17) is 9.47 Å². The molecule has 7 nitrogen and oxygen atoms in total. The molecule has 162 valence electrons. The monoisotopic (exact) mass is 439 g/mol. The Morgan fingerprint density at radius 1 is 0.935 bits per heavy atom. The number of carbonyl (C=O) groups excluding carboxylic acids is 2. The molecule has 0 aliphatic carbocycles. The van der Waals surface area contributed by atoms with Crippen molar-refractivity contribution in [3.8, 4) is 22.1 Å². The van der Waals surface area contributed by atoms with E-state index in [1.54, 1.807) is 45.4 Å². The average Bonchev–Trinajstić information content (AvgIpc) is 3.16. The van der Waals surface area contributed by atoms with Crippen molar-refractivity contribution in [3.63, 3.8) is 0 Å². The van der Waals surface area contributed by atoms with Gasteiger partial charge in [-0.25, -0.2) is 4.98 Å². The second kappa shape index (κ2) is 9.61. The summed E-state index contributed by atoms with van der Waals surface area (Å²) in [6.45, 7) is 5.47. The van der Waals surface area contributed by atoms with Gasteiger partial charge in [0, 0.05) is 22.9 Å². The molecule has 0 radical (unpaired) electrons. The number of aryl methyl sites for hydroxylation is 1. The van der Waals surface area contributed by atoms with Crippen LogP contribution in [0.2, 0.25) is 0 Å². The third-order valence-electron chi connectivity index (χ3n) is 4.57. The highest BCUT2D eigenvalue weighted by Crippen LogP contribution is 2.35. The molecule has 0 aliphatic heterocycles. The van der Waals surface area contributed by atoms with E-state index in [0.717, 1.165) is 10.6 Å². The van der Waals surface area contributed by atoms with Crippen LogP contribution in [-0.2, 0) is 4.79 Å². The maximum atomic E-state index is 12.8. The highest BCUT2D eigenvalue weighted by Gasteiger charge is 2.18. The predicted octanol–water partition coefficient (Wildman–Crippen LogP) is 4.98. The smallest absolute Gasteiger partial charge is 0.267 e. The summed E-state index contributed by atoms with van der Waals surface area (Å²) in [4.78, 5) is 29.7. The Morgan fingerprint density at radius 2 is 1.55 bits per heavy atom. The fourth-order valence-corrected chi connectivity index (χ4v) is 3.77. The molecule has 0 saturated heterocycles. The molecule has 1 heterocycles. The first kappa shape index (κ1) is 22.3. The number of ether oxygens (including phenoxy) is 2. The van der Waals surface area contributed by atoms with Gasteiger partial charge in [-0.2, -0.15) is 0 Å². The summed E-state index contributed by atoms with van der Waals surface area (Å²) in [7, 11) is 3.16. The highest BCUT2D eigenvalue weighted by atomic mass is 32.1. The summed E-state index contributed by atoms with van der Waals surface area (Å²) in [5.41, 5.74) is 2.80. The lowest BCUT2D eigenvalue weighted by Gasteiger charge is -2.09. The van der Waals surface area contributed by atoms with Crippen LogP contribution in [0.25, 0.3) is 10.6 Å². The SMILES string of the molecule is COc1ccc(-c2nc(C)c(C(=O)Nc3ccc(NC(=O)C(C)C)cc3)s2)cc1OC. The van der Waals surface area contributed by atoms with Gasteiger partial charge in [-0.05, 0) is 49.4 Å². The third-order valence-corrected chi connectivity index (χ3v) is 5.77. The standard InChI is InChI=1S/C23H25N3O4S/c1-13(2)21(27)25-16-7-9-17(10-8-16)26-22(28)20-14(3)24-23(31-20)15-6-11-18(29-4)19(12-15)30-5/h6-13H,1-5H3,(H,25,27)(H,26,28). The van der Waals surface area contributed by atoms with Crippen LogP contribution in [0, 0.1) is 12.8 Å². The van der Waals surface area contributed by atoms with Gasteiger partial charge < -0.3 is 20.1 Å². The molecule has 0 fully saturated rings. The number of benzene rings is 2. The Bertz CT molecular complexity index is 1090. The van der Waals surface area contributed by atoms with Crippen LogP contribution >= 0.6 is 11.3 Å². The van der Waals surface area contributed by atoms with E-state index in [0.29, 0.717) is 33.4 Å². The summed E-state index contributed by atoms with van der Waals surface area (Å²) in [5.74, 6) is 0.836. The molecule has 0 aliphatic rings. The third kappa shape index (κ3) is 5.21. The van der Waals surface area contributed by atoms with Crippen molar-refractivity contribution >= 4 is 34.5 Å². The Balaban J connectivity index is 1.75. The largest absolute Gasteiger partial charge is 0.493 e. The molecule has 3 rings (SSSR count). The molecule has 3 aromatic rings. The number of hydrogen-bond acceptors (Lipinski definition) is 6. The van der Waals surface area contributed by atoms with Crippen LogP contribution in [0.1, 0.15) is 29.2 Å². The minimum Gasteiger partial charge on any atom is -0.493 e. The van der Waals surface area contributed by atoms with Crippen molar-refractivity contribution in [3.05, 3.63) is 53.0 Å². The Hall–Kier alpha value is -3.39. The first-order chi connectivity index (χ1) is 14.8. The van der Waals surface area contributed by atoms with Crippen LogP contribution in [0.15, 0.2) is 42.5 Å². The van der Waals surface area contributed by atoms with Crippen LogP contribution in [-0.4, -0.2) is 31.0 Å². The van der Waals surface area contributed by atoms with Crippen molar-refractivity contribution in [2.45, 2.75) is 20.8 Å². The zero-order valence-electron chi connectivity index (χ0n) is 18.1. The number of amides is 2. The lowest BCUT2D eigenvalue weighted by atomic mass is 10.2. The molecule has 31 heavy (non-hydrogen) atoms. The van der Waals surface area contributed by atoms with Crippen LogP contribution in [0.3, 0.4) is 0 Å². The maximum Gasteiger partial charge on any atom is 0.267 e. The first-order valence-corrected chi connectivity index (χ1v) is 10.6. The molecule has 2 aromatic carbocycles. The van der Waals surface area contributed by atoms with Crippen LogP contribution < -0.4 is 20.1 Å². The summed E-state index contributed by atoms with van der Waals surface area (Å²) in [6, 6.07) is 12.5. The molecule has 2 amide bonds. The second-order valence-corrected chi connectivity index (χ2v) is 8.18. The van der Waals surface area contributed by atoms with Crippen molar-refractivity contribution in [2.24, 2.45) is 5.92 Å². The molecule has 0 unspecified atom stereocenters. The van der Waals surface area contributed by atoms with E-state index in [9.17, 15) is 9.59 Å². The van der Waals surface area contributed by atoms with Gasteiger partial charge in [0.25, 0.3) is 5.91 Å². The number of hydrogen-bond donors (Lipinski definition) is 2. The van der Waals surface area contributed by atoms with E-state index in [1.807, 2.05) is 32.0 Å². The fraction of sp³-hybridized carbons (Fsp3) is 0.261. The van der Waals surface area contributed by atoms with E-state index in [2.05, 4.69) is 15.6 Å². The van der Waals surface area contributed by atoms with E-state index in [-0.39, 0.29) is 17.7 Å². The molecular formula is C23H25N3O4S. The quantitative estimate of drug-likeness (QED) is 0.542. The van der Waals surface area contributed by atoms with Gasteiger partial charge in [0.15, 0.2) is 11.5 Å². The number of rotatable bonds is 7. The molecule has 0 atom stereocenters. The van der Waals surface area contributed by atoms with Gasteiger partial charge in [0.2, 0.25) is 5.91 Å². The predicted molar refractivity (Wildman–Crippen MR) is 123 cm³/mol. The lowest BCUT2D eigenvalue weighted by molar-refractivity contribution is -0.118. The summed E-state index contributed by atoms with van der Waals surface area (Å²) in [6.07, 6.45) is 0. The molecule has 1 aromatic heterocycles. The van der Waals surface area contributed by atoms with Crippen molar-refractivity contribution in [2.75, 3.05) is 24.9 Å². The summed E-state index contributed by atoms with van der Waals surface area (Å²) >= 11 is 1.31. The number of nitrogens with one attached hydrogen (secondary N) is 2. The maximum absolute atomic E-state index is 12.8. The minimum absolute atomic E-state index is 0.0558. The number of nitrogens with zero attached hydrogens (tertiary/aromatic N) is 1. The number of anilines is 2. The number of carbonyl (C=O) groups is 2. The fourth-order valence-electron chi connectivity index (χ4n) is 2.81.